The first-order chi connectivity index (χ1) is 22.0. The van der Waals surface area contributed by atoms with E-state index >= 15 is 0 Å². The Balaban J connectivity index is 1.24. The van der Waals surface area contributed by atoms with E-state index in [1.807, 2.05) is 0 Å². The summed E-state index contributed by atoms with van der Waals surface area (Å²) in [7, 11) is -2.77. The van der Waals surface area contributed by atoms with Gasteiger partial charge in [0, 0.05) is 38.9 Å². The van der Waals surface area contributed by atoms with Gasteiger partial charge < -0.3 is 30.2 Å². The van der Waals surface area contributed by atoms with Crippen LogP contribution < -0.4 is 17.0 Å². The van der Waals surface area contributed by atoms with E-state index in [0.717, 1.165) is 17.1 Å². The van der Waals surface area contributed by atoms with E-state index in [1.165, 1.54) is 26.0 Å². The number of H-pyrrole nitrogens is 1. The number of hydrogen-bond acceptors (Lipinski definition) is 14. The van der Waals surface area contributed by atoms with Gasteiger partial charge >= 0.3 is 13.4 Å². The highest BCUT2D eigenvalue weighted by atomic mass is 31.2. The molecular weight excluding hydrogens is 627 g/mol. The summed E-state index contributed by atoms with van der Waals surface area (Å²) in [5.41, 5.74) is 5.44. The number of nitrogens with zero attached hydrogens (tertiary/aromatic N) is 6. The molecule has 6 heterocycles. The number of fused-ring (bicyclic) bond motifs is 1. The minimum atomic E-state index is -4.12. The number of hydrogen-bond donors (Lipinski definition) is 4. The lowest BCUT2D eigenvalue weighted by molar-refractivity contribution is -0.0654. The molecule has 3 aromatic heterocycles. The van der Waals surface area contributed by atoms with E-state index in [0.29, 0.717) is 24.3 Å². The van der Waals surface area contributed by atoms with Gasteiger partial charge in [-0.05, 0) is 18.3 Å². The highest BCUT2D eigenvalue weighted by Crippen LogP contribution is 2.57. The molecule has 3 saturated heterocycles. The van der Waals surface area contributed by atoms with Crippen molar-refractivity contribution in [2.24, 2.45) is 11.8 Å². The lowest BCUT2D eigenvalue weighted by atomic mass is 9.94. The van der Waals surface area contributed by atoms with E-state index in [4.69, 9.17) is 29.0 Å². The molecule has 0 radical (unpaired) electrons. The lowest BCUT2D eigenvalue weighted by Gasteiger charge is -2.39. The largest absolute Gasteiger partial charge is 0.408 e. The van der Waals surface area contributed by atoms with Gasteiger partial charge in [-0.1, -0.05) is 13.8 Å². The van der Waals surface area contributed by atoms with Crippen LogP contribution in [0, 0.1) is 11.8 Å². The number of aromatic nitrogens is 6. The number of nitrogens with one attached hydrogen (secondary N) is 1. The number of imidazole rings is 1. The molecule has 0 saturated carbocycles. The summed E-state index contributed by atoms with van der Waals surface area (Å²) in [6.45, 7) is 4.15. The molecule has 10 atom stereocenters. The van der Waals surface area contributed by atoms with Crippen LogP contribution in [-0.4, -0.2) is 108 Å². The fraction of sp³-hybridized carbons (Fsp3) is 0.667. The summed E-state index contributed by atoms with van der Waals surface area (Å²) in [6, 6.07) is 1.15. The van der Waals surface area contributed by atoms with Crippen LogP contribution in [0.3, 0.4) is 0 Å². The van der Waals surface area contributed by atoms with Crippen molar-refractivity contribution in [2.75, 3.05) is 39.1 Å². The average molecular weight is 667 g/mol. The first-order valence-corrected chi connectivity index (χ1v) is 16.6. The Hall–Kier alpha value is -3.06. The number of piperidine rings is 1. The molecule has 3 aliphatic rings. The number of rotatable bonds is 10. The Morgan fingerprint density at radius 2 is 1.87 bits per heavy atom. The second kappa shape index (κ2) is 13.2. The normalized spacial score (nSPS) is 33.5. The molecule has 5 N–H and O–H groups in total. The van der Waals surface area contributed by atoms with Crippen molar-refractivity contribution in [2.45, 2.75) is 69.7 Å². The Labute approximate surface area is 263 Å². The Morgan fingerprint density at radius 3 is 2.57 bits per heavy atom. The predicted octanol–water partition coefficient (Wildman–Crippen LogP) is -0.000400. The molecule has 46 heavy (non-hydrogen) atoms. The number of methoxy groups -OCH3 is 1. The summed E-state index contributed by atoms with van der Waals surface area (Å²) < 4.78 is 49.2. The molecule has 18 nitrogen and oxygen atoms in total. The van der Waals surface area contributed by atoms with Gasteiger partial charge in [-0.2, -0.15) is 0 Å². The van der Waals surface area contributed by atoms with Gasteiger partial charge in [0.1, 0.15) is 48.6 Å². The third-order valence-electron chi connectivity index (χ3n) is 8.63. The molecule has 3 fully saturated rings. The number of ether oxygens (including phenoxy) is 3. The van der Waals surface area contributed by atoms with Gasteiger partial charge in [-0.25, -0.2) is 29.0 Å². The second-order valence-corrected chi connectivity index (χ2v) is 14.1. The molecule has 0 amide bonds. The van der Waals surface area contributed by atoms with Crippen LogP contribution in [0.25, 0.3) is 11.2 Å². The third-order valence-corrected chi connectivity index (χ3v) is 10.7. The number of aromatic amines is 1. The highest BCUT2D eigenvalue weighted by Gasteiger charge is 2.50. The van der Waals surface area contributed by atoms with Gasteiger partial charge in [-0.3, -0.25) is 28.0 Å². The zero-order chi connectivity index (χ0) is 32.7. The smallest absolute Gasteiger partial charge is 0.394 e. The fourth-order valence-corrected chi connectivity index (χ4v) is 8.75. The number of aliphatic hydroxyl groups is 2. The Morgan fingerprint density at radius 1 is 1.11 bits per heavy atom. The molecule has 3 aromatic rings. The van der Waals surface area contributed by atoms with Crippen LogP contribution in [0.15, 0.2) is 34.5 Å². The molecule has 0 aromatic carbocycles. The highest BCUT2D eigenvalue weighted by molar-refractivity contribution is 7.51. The molecule has 0 bridgehead atoms. The van der Waals surface area contributed by atoms with Crippen molar-refractivity contribution in [1.82, 2.24) is 33.7 Å². The SMILES string of the molecule is COC1C(O)C(COP(=O)(OC2CC(n3cnc4c(N)ncnc43)OC2CO)N2CC(C)CC(C)C2)OC1n1ccc(=O)[nH]c1=O. The third kappa shape index (κ3) is 6.28. The number of aliphatic hydroxyl groups excluding tert-OH is 2. The number of nitrogen functional groups attached to an aromatic ring is 1. The quantitative estimate of drug-likeness (QED) is 0.209. The Kier molecular flexibility index (Phi) is 9.44. The van der Waals surface area contributed by atoms with Gasteiger partial charge in [-0.15, -0.1) is 0 Å². The van der Waals surface area contributed by atoms with E-state index in [2.05, 4.69) is 33.8 Å². The number of anilines is 1. The van der Waals surface area contributed by atoms with Crippen LogP contribution in [0.1, 0.15) is 39.1 Å². The molecular formula is C27H39N8O10P. The standard InChI is InChI=1S/C27H39N8O10P/c1-14-6-15(2)9-33(8-14)46(40,42-11-18-22(38)23(41-3)26(44-18)34-5-4-19(37)32-27(34)39)45-16-7-20(43-17(16)10-36)35-13-31-21-24(28)29-12-30-25(21)35/h4-5,12-18,20,22-23,26,36,38H,6-11H2,1-3H3,(H2,28,29,30)(H,32,37,39). The van der Waals surface area contributed by atoms with Crippen molar-refractivity contribution in [3.63, 3.8) is 0 Å². The van der Waals surface area contributed by atoms with Crippen LogP contribution in [0.4, 0.5) is 5.82 Å². The topological polar surface area (TPSA) is 231 Å². The van der Waals surface area contributed by atoms with Crippen molar-refractivity contribution in [1.29, 1.82) is 0 Å². The molecule has 10 unspecified atom stereocenters. The maximum absolute atomic E-state index is 14.8. The van der Waals surface area contributed by atoms with E-state index in [9.17, 15) is 24.4 Å². The minimum absolute atomic E-state index is 0.179. The summed E-state index contributed by atoms with van der Waals surface area (Å²) >= 11 is 0. The van der Waals surface area contributed by atoms with Crippen LogP contribution >= 0.6 is 7.75 Å². The minimum Gasteiger partial charge on any atom is -0.394 e. The summed E-state index contributed by atoms with van der Waals surface area (Å²) in [5, 5.41) is 21.3. The second-order valence-electron chi connectivity index (χ2n) is 12.1. The monoisotopic (exact) mass is 666 g/mol. The zero-order valence-corrected chi connectivity index (χ0v) is 26.5. The van der Waals surface area contributed by atoms with Gasteiger partial charge in [0.25, 0.3) is 5.56 Å². The van der Waals surface area contributed by atoms with Gasteiger partial charge in [0.15, 0.2) is 17.7 Å². The van der Waals surface area contributed by atoms with E-state index in [1.54, 1.807) is 9.24 Å². The molecule has 3 aliphatic heterocycles. The van der Waals surface area contributed by atoms with Crippen LogP contribution in [0.5, 0.6) is 0 Å². The Bertz CT molecular complexity index is 1690. The molecule has 0 spiro atoms. The summed E-state index contributed by atoms with van der Waals surface area (Å²) in [5.74, 6) is 0.588. The summed E-state index contributed by atoms with van der Waals surface area (Å²) in [6.07, 6.45) is -1.68. The maximum Gasteiger partial charge on any atom is 0.408 e. The predicted molar refractivity (Wildman–Crippen MR) is 160 cm³/mol. The van der Waals surface area contributed by atoms with Crippen molar-refractivity contribution < 1.29 is 38.0 Å². The van der Waals surface area contributed by atoms with Crippen molar-refractivity contribution >= 4 is 24.7 Å². The molecule has 19 heteroatoms. The number of nitrogens with two attached hydrogens (primary N) is 1. The maximum atomic E-state index is 14.8. The van der Waals surface area contributed by atoms with Gasteiger partial charge in [0.2, 0.25) is 0 Å². The molecule has 6 rings (SSSR count). The lowest BCUT2D eigenvalue weighted by Crippen LogP contribution is -2.41. The summed E-state index contributed by atoms with van der Waals surface area (Å²) in [4.78, 5) is 38.7. The first kappa shape index (κ1) is 32.9. The van der Waals surface area contributed by atoms with Crippen molar-refractivity contribution in [3.8, 4) is 0 Å². The molecule has 252 valence electrons. The van der Waals surface area contributed by atoms with Crippen LogP contribution in [-0.2, 0) is 27.8 Å². The fourth-order valence-electron chi connectivity index (χ4n) is 6.54. The van der Waals surface area contributed by atoms with E-state index in [-0.39, 0.29) is 30.7 Å². The van der Waals surface area contributed by atoms with Crippen LogP contribution in [0.2, 0.25) is 0 Å². The molecule has 0 aliphatic carbocycles. The van der Waals surface area contributed by atoms with Crippen molar-refractivity contribution in [3.05, 3.63) is 45.8 Å². The average Bonchev–Trinajstić information content (AvgIpc) is 3.71. The first-order valence-electron chi connectivity index (χ1n) is 15.1. The van der Waals surface area contributed by atoms with Gasteiger partial charge in [0.05, 0.1) is 19.5 Å². The zero-order valence-electron chi connectivity index (χ0n) is 25.6. The van der Waals surface area contributed by atoms with E-state index < -0.39 is 68.6 Å².